The second kappa shape index (κ2) is 6.43. The predicted molar refractivity (Wildman–Crippen MR) is 102 cm³/mol. The van der Waals surface area contributed by atoms with E-state index < -0.39 is 10.0 Å². The second-order valence-corrected chi connectivity index (χ2v) is 9.58. The molecule has 1 N–H and O–H groups in total. The van der Waals surface area contributed by atoms with Gasteiger partial charge < -0.3 is 0 Å². The Morgan fingerprint density at radius 2 is 1.61 bits per heavy atom. The summed E-state index contributed by atoms with van der Waals surface area (Å²) in [4.78, 5) is -0.0757. The highest BCUT2D eigenvalue weighted by Gasteiger charge is 2.27. The first-order valence-electron chi connectivity index (χ1n) is 6.14. The van der Waals surface area contributed by atoms with Crippen molar-refractivity contribution in [3.05, 3.63) is 54.6 Å². The molecule has 0 radical (unpaired) electrons. The fraction of sp³-hybridized carbons (Fsp3) is 0. The number of sulfonamides is 1. The molecule has 0 aliphatic carbocycles. The highest BCUT2D eigenvalue weighted by Crippen LogP contribution is 2.43. The van der Waals surface area contributed by atoms with Gasteiger partial charge >= 0.3 is 0 Å². The Labute approximate surface area is 160 Å². The van der Waals surface area contributed by atoms with Crippen LogP contribution in [0.5, 0.6) is 0 Å². The highest BCUT2D eigenvalue weighted by atomic mass is 79.9. The summed E-state index contributed by atoms with van der Waals surface area (Å²) in [6.45, 7) is 0. The molecule has 0 aliphatic heterocycles. The van der Waals surface area contributed by atoms with Crippen LogP contribution in [0.2, 0.25) is 13.7 Å². The zero-order chi connectivity index (χ0) is 16.8. The third-order valence-corrected chi connectivity index (χ3v) is 8.27. The molecule has 0 spiro atoms. The molecule has 0 fully saturated rings. The van der Waals surface area contributed by atoms with Gasteiger partial charge in [0.1, 0.15) is 13.6 Å². The summed E-state index contributed by atoms with van der Waals surface area (Å²) in [6.07, 6.45) is 0. The Kier molecular flexibility index (Phi) is 4.84. The van der Waals surface area contributed by atoms with E-state index in [-0.39, 0.29) is 18.0 Å². The van der Waals surface area contributed by atoms with Gasteiger partial charge in [-0.1, -0.05) is 59.1 Å². The normalized spacial score (nSPS) is 11.8. The third kappa shape index (κ3) is 3.21. The van der Waals surface area contributed by atoms with Gasteiger partial charge in [0.15, 0.2) is 0 Å². The fourth-order valence-corrected chi connectivity index (χ4v) is 6.98. The van der Waals surface area contributed by atoms with E-state index in [1.807, 2.05) is 12.1 Å². The summed E-state index contributed by atoms with van der Waals surface area (Å²) in [7, 11) is -3.90. The van der Waals surface area contributed by atoms with Crippen LogP contribution in [0, 0.1) is 0 Å². The van der Waals surface area contributed by atoms with Crippen molar-refractivity contribution in [2.24, 2.45) is 0 Å². The first-order valence-corrected chi connectivity index (χ1v) is 10.4. The molecule has 1 heterocycles. The van der Waals surface area contributed by atoms with Crippen LogP contribution < -0.4 is 4.72 Å². The number of nitrogens with one attached hydrogen (secondary N) is 1. The molecule has 2 aromatic carbocycles. The third-order valence-electron chi connectivity index (χ3n) is 3.11. The maximum Gasteiger partial charge on any atom is 0.265 e. The number of benzene rings is 2. The van der Waals surface area contributed by atoms with E-state index in [0.29, 0.717) is 16.1 Å². The van der Waals surface area contributed by atoms with Gasteiger partial charge in [-0.15, -0.1) is 11.3 Å². The van der Waals surface area contributed by atoms with Gasteiger partial charge in [-0.05, 0) is 28.1 Å². The van der Waals surface area contributed by atoms with Crippen LogP contribution in [0.3, 0.4) is 0 Å². The Bertz CT molecular complexity index is 1020. The minimum Gasteiger partial charge on any atom is -0.279 e. The fourth-order valence-electron chi connectivity index (χ4n) is 2.12. The molecule has 0 aliphatic rings. The largest absolute Gasteiger partial charge is 0.279 e. The summed E-state index contributed by atoms with van der Waals surface area (Å²) in [5, 5.41) is 1.99. The van der Waals surface area contributed by atoms with Crippen molar-refractivity contribution in [3.8, 4) is 0 Å². The predicted octanol–water partition coefficient (Wildman–Crippen LogP) is 6.42. The first kappa shape index (κ1) is 17.3. The van der Waals surface area contributed by atoms with E-state index in [0.717, 1.165) is 16.7 Å². The molecule has 1 aromatic heterocycles. The van der Waals surface area contributed by atoms with Crippen molar-refractivity contribution < 1.29 is 8.42 Å². The average Bonchev–Trinajstić information content (AvgIpc) is 2.76. The molecule has 0 saturated heterocycles. The van der Waals surface area contributed by atoms with Crippen LogP contribution >= 0.6 is 62.1 Å². The van der Waals surface area contributed by atoms with E-state index in [1.165, 1.54) is 0 Å². The van der Waals surface area contributed by atoms with Crippen molar-refractivity contribution in [1.82, 2.24) is 0 Å². The topological polar surface area (TPSA) is 46.2 Å². The number of fused-ring (bicyclic) bond motifs is 1. The number of hydrogen-bond acceptors (Lipinski definition) is 3. The Hall–Kier alpha value is -0.500. The molecule has 0 amide bonds. The van der Waals surface area contributed by atoms with Crippen LogP contribution in [0.25, 0.3) is 10.8 Å². The zero-order valence-corrected chi connectivity index (χ0v) is 16.6. The lowest BCUT2D eigenvalue weighted by Crippen LogP contribution is -2.13. The minimum atomic E-state index is -3.90. The lowest BCUT2D eigenvalue weighted by molar-refractivity contribution is 0.601. The van der Waals surface area contributed by atoms with Gasteiger partial charge in [0.25, 0.3) is 10.0 Å². The number of anilines is 1. The number of halogens is 4. The van der Waals surface area contributed by atoms with E-state index >= 15 is 0 Å². The van der Waals surface area contributed by atoms with Gasteiger partial charge in [0.2, 0.25) is 0 Å². The number of rotatable bonds is 3. The molecule has 0 saturated carbocycles. The van der Waals surface area contributed by atoms with Crippen LogP contribution in [-0.2, 0) is 10.0 Å². The maximum absolute atomic E-state index is 12.7. The zero-order valence-electron chi connectivity index (χ0n) is 11.1. The summed E-state index contributed by atoms with van der Waals surface area (Å²) in [5.41, 5.74) is 0.412. The smallest absolute Gasteiger partial charge is 0.265 e. The number of hydrogen-bond donors (Lipinski definition) is 1. The molecule has 0 atom stereocenters. The second-order valence-electron chi connectivity index (χ2n) is 4.54. The first-order chi connectivity index (χ1) is 10.8. The maximum atomic E-state index is 12.7. The van der Waals surface area contributed by atoms with Crippen molar-refractivity contribution >= 4 is 88.6 Å². The van der Waals surface area contributed by atoms with E-state index in [2.05, 4.69) is 20.7 Å². The highest BCUT2D eigenvalue weighted by molar-refractivity contribution is 9.10. The summed E-state index contributed by atoms with van der Waals surface area (Å²) >= 11 is 22.2. The monoisotopic (exact) mass is 469 g/mol. The van der Waals surface area contributed by atoms with Crippen LogP contribution in [0.1, 0.15) is 0 Å². The Balaban J connectivity index is 2.14. The minimum absolute atomic E-state index is 0.0757. The summed E-state index contributed by atoms with van der Waals surface area (Å²) in [6, 6.07) is 10.5. The van der Waals surface area contributed by atoms with Crippen LogP contribution in [0.4, 0.5) is 5.69 Å². The van der Waals surface area contributed by atoms with Crippen molar-refractivity contribution in [2.45, 2.75) is 4.90 Å². The van der Waals surface area contributed by atoms with Gasteiger partial charge in [-0.25, -0.2) is 8.42 Å². The van der Waals surface area contributed by atoms with E-state index in [9.17, 15) is 8.42 Å². The van der Waals surface area contributed by atoms with Crippen molar-refractivity contribution in [3.63, 3.8) is 0 Å². The van der Waals surface area contributed by atoms with E-state index in [4.69, 9.17) is 34.8 Å². The standard InChI is InChI=1S/C14H7BrCl3NO2S2/c15-11-12(14(18)22-13(11)17)23(20,21)19-10-6-5-9(16)7-3-1-2-4-8(7)10/h1-6,19H. The van der Waals surface area contributed by atoms with Crippen LogP contribution in [-0.4, -0.2) is 8.42 Å². The molecular weight excluding hydrogens is 465 g/mol. The molecule has 3 nitrogen and oxygen atoms in total. The summed E-state index contributed by atoms with van der Waals surface area (Å²) < 4.78 is 28.5. The van der Waals surface area contributed by atoms with Gasteiger partial charge in [-0.2, -0.15) is 0 Å². The average molecular weight is 472 g/mol. The molecule has 3 rings (SSSR count). The molecule has 23 heavy (non-hydrogen) atoms. The quantitative estimate of drug-likeness (QED) is 0.479. The molecular formula is C14H7BrCl3NO2S2. The van der Waals surface area contributed by atoms with Gasteiger partial charge in [0, 0.05) is 15.8 Å². The number of thiophene rings is 1. The SMILES string of the molecule is O=S(=O)(Nc1ccc(Cl)c2ccccc12)c1c(Cl)sc(Cl)c1Br. The lowest BCUT2D eigenvalue weighted by Gasteiger charge is -2.11. The molecule has 3 aromatic rings. The Morgan fingerprint density at radius 1 is 0.957 bits per heavy atom. The lowest BCUT2D eigenvalue weighted by atomic mass is 10.1. The van der Waals surface area contributed by atoms with Gasteiger partial charge in [-0.3, -0.25) is 4.72 Å². The van der Waals surface area contributed by atoms with E-state index in [1.54, 1.807) is 24.3 Å². The van der Waals surface area contributed by atoms with Crippen molar-refractivity contribution in [1.29, 1.82) is 0 Å². The summed E-state index contributed by atoms with van der Waals surface area (Å²) in [5.74, 6) is 0. The Morgan fingerprint density at radius 3 is 2.22 bits per heavy atom. The molecule has 0 unspecified atom stereocenters. The van der Waals surface area contributed by atoms with Crippen LogP contribution in [0.15, 0.2) is 45.8 Å². The van der Waals surface area contributed by atoms with Crippen molar-refractivity contribution in [2.75, 3.05) is 4.72 Å². The molecule has 120 valence electrons. The molecule has 0 bridgehead atoms. The molecule has 9 heteroatoms. The van der Waals surface area contributed by atoms with Gasteiger partial charge in [0.05, 0.1) is 10.2 Å².